The lowest BCUT2D eigenvalue weighted by atomic mass is 10.1. The topological polar surface area (TPSA) is 71.0 Å². The molecule has 6 heteroatoms. The summed E-state index contributed by atoms with van der Waals surface area (Å²) < 4.78 is 6.67. The maximum absolute atomic E-state index is 10.1. The quantitative estimate of drug-likeness (QED) is 0.378. The number of H-pyrrole nitrogens is 1. The number of nitrogens with one attached hydrogen (secondary N) is 1. The van der Waals surface area contributed by atoms with E-state index in [4.69, 9.17) is 14.7 Å². The normalized spacial score (nSPS) is 12.0. The molecule has 0 bridgehead atoms. The van der Waals surface area contributed by atoms with Crippen molar-refractivity contribution in [3.05, 3.63) is 83.1 Å². The van der Waals surface area contributed by atoms with Crippen LogP contribution >= 0.6 is 11.3 Å². The number of para-hydroxylation sites is 3. The van der Waals surface area contributed by atoms with Crippen LogP contribution in [0.3, 0.4) is 0 Å². The molecule has 30 heavy (non-hydrogen) atoms. The summed E-state index contributed by atoms with van der Waals surface area (Å²) in [5, 5.41) is 10.9. The van der Waals surface area contributed by atoms with Crippen LogP contribution in [0.15, 0.2) is 66.7 Å². The van der Waals surface area contributed by atoms with Gasteiger partial charge in [0.25, 0.3) is 0 Å². The number of aromatic nitrogens is 3. The predicted octanol–water partition coefficient (Wildman–Crippen LogP) is 5.87. The average molecular weight is 414 g/mol. The lowest BCUT2D eigenvalue weighted by molar-refractivity contribution is 0.318. The van der Waals surface area contributed by atoms with Gasteiger partial charge in [-0.2, -0.15) is 0 Å². The molecule has 0 fully saturated rings. The zero-order valence-electron chi connectivity index (χ0n) is 16.3. The van der Waals surface area contributed by atoms with E-state index in [1.165, 1.54) is 0 Å². The summed E-state index contributed by atoms with van der Waals surface area (Å²) in [6, 6.07) is 21.4. The Hall–Kier alpha value is -3.64. The first-order valence-corrected chi connectivity index (χ1v) is 10.5. The molecule has 148 valence electrons. The van der Waals surface area contributed by atoms with E-state index in [9.17, 15) is 5.11 Å². The Labute approximate surface area is 177 Å². The maximum atomic E-state index is 10.1. The van der Waals surface area contributed by atoms with Crippen molar-refractivity contribution in [2.45, 2.75) is 6.92 Å². The SMILES string of the molecule is CCOc1cc(/C=C(\c2nc3ccccc3[nH]2)c2nc3ccccc3s2)ccc1O. The molecule has 0 aliphatic carbocycles. The summed E-state index contributed by atoms with van der Waals surface area (Å²) in [4.78, 5) is 13.1. The van der Waals surface area contributed by atoms with Crippen molar-refractivity contribution in [1.29, 1.82) is 0 Å². The zero-order valence-corrected chi connectivity index (χ0v) is 17.1. The van der Waals surface area contributed by atoms with Gasteiger partial charge in [-0.05, 0) is 55.0 Å². The van der Waals surface area contributed by atoms with E-state index in [-0.39, 0.29) is 5.75 Å². The van der Waals surface area contributed by atoms with Crippen LogP contribution in [0.4, 0.5) is 0 Å². The largest absolute Gasteiger partial charge is 0.504 e. The third-order valence-corrected chi connectivity index (χ3v) is 5.83. The van der Waals surface area contributed by atoms with Gasteiger partial charge in [0.1, 0.15) is 10.8 Å². The minimum absolute atomic E-state index is 0.124. The van der Waals surface area contributed by atoms with Crippen molar-refractivity contribution >= 4 is 44.2 Å². The van der Waals surface area contributed by atoms with Crippen LogP contribution < -0.4 is 4.74 Å². The highest BCUT2D eigenvalue weighted by Crippen LogP contribution is 2.34. The molecule has 3 aromatic carbocycles. The Morgan fingerprint density at radius 2 is 1.83 bits per heavy atom. The van der Waals surface area contributed by atoms with E-state index in [0.29, 0.717) is 12.4 Å². The molecule has 2 N–H and O–H groups in total. The van der Waals surface area contributed by atoms with Crippen molar-refractivity contribution in [2.75, 3.05) is 6.61 Å². The minimum Gasteiger partial charge on any atom is -0.504 e. The summed E-state index contributed by atoms with van der Waals surface area (Å²) in [5.74, 6) is 1.33. The fraction of sp³-hybridized carbons (Fsp3) is 0.0833. The first-order valence-electron chi connectivity index (χ1n) is 9.70. The van der Waals surface area contributed by atoms with Gasteiger partial charge < -0.3 is 14.8 Å². The molecule has 0 spiro atoms. The van der Waals surface area contributed by atoms with Crippen LogP contribution in [0.2, 0.25) is 0 Å². The van der Waals surface area contributed by atoms with Gasteiger partial charge in [0.2, 0.25) is 0 Å². The summed E-state index contributed by atoms with van der Waals surface area (Å²) in [7, 11) is 0. The fourth-order valence-corrected chi connectivity index (χ4v) is 4.34. The summed E-state index contributed by atoms with van der Waals surface area (Å²) in [6.45, 7) is 2.37. The number of phenolic OH excluding ortho intramolecular Hbond substituents is 1. The highest BCUT2D eigenvalue weighted by atomic mass is 32.1. The van der Waals surface area contributed by atoms with Crippen LogP contribution in [0.5, 0.6) is 11.5 Å². The average Bonchev–Trinajstić information content (AvgIpc) is 3.38. The van der Waals surface area contributed by atoms with Gasteiger partial charge in [-0.1, -0.05) is 30.3 Å². The highest BCUT2D eigenvalue weighted by Gasteiger charge is 2.16. The van der Waals surface area contributed by atoms with E-state index in [1.54, 1.807) is 17.4 Å². The predicted molar refractivity (Wildman–Crippen MR) is 122 cm³/mol. The van der Waals surface area contributed by atoms with Crippen molar-refractivity contribution in [2.24, 2.45) is 0 Å². The molecular weight excluding hydrogens is 394 g/mol. The number of aromatic amines is 1. The lowest BCUT2D eigenvalue weighted by Crippen LogP contribution is -1.93. The van der Waals surface area contributed by atoms with Crippen LogP contribution in [0.25, 0.3) is 32.9 Å². The highest BCUT2D eigenvalue weighted by molar-refractivity contribution is 7.19. The molecule has 0 saturated carbocycles. The molecule has 5 aromatic rings. The molecule has 2 aromatic heterocycles. The molecule has 0 saturated heterocycles. The van der Waals surface area contributed by atoms with Gasteiger partial charge in [0.15, 0.2) is 11.5 Å². The standard InChI is InChI=1S/C24H19N3O2S/c1-2-29-21-14-15(11-12-20(21)28)13-16(23-25-17-7-3-4-8-18(17)26-23)24-27-19-9-5-6-10-22(19)30-24/h3-14,28H,2H2,1H3,(H,25,26)/b16-13+. The summed E-state index contributed by atoms with van der Waals surface area (Å²) >= 11 is 1.63. The molecule has 0 aliphatic heterocycles. The monoisotopic (exact) mass is 413 g/mol. The number of thiazole rings is 1. The smallest absolute Gasteiger partial charge is 0.161 e. The molecule has 0 unspecified atom stereocenters. The number of phenols is 1. The van der Waals surface area contributed by atoms with Crippen molar-refractivity contribution in [3.63, 3.8) is 0 Å². The molecule has 2 heterocycles. The van der Waals surface area contributed by atoms with Crippen LogP contribution in [-0.4, -0.2) is 26.7 Å². The Kier molecular flexibility index (Phi) is 4.69. The van der Waals surface area contributed by atoms with Crippen LogP contribution in [0.1, 0.15) is 23.3 Å². The number of aromatic hydroxyl groups is 1. The zero-order chi connectivity index (χ0) is 20.5. The van der Waals surface area contributed by atoms with Gasteiger partial charge in [-0.25, -0.2) is 9.97 Å². The molecule has 0 radical (unpaired) electrons. The summed E-state index contributed by atoms with van der Waals surface area (Å²) in [6.07, 6.45) is 2.03. The number of nitrogens with zero attached hydrogens (tertiary/aromatic N) is 2. The second-order valence-corrected chi connectivity index (χ2v) is 7.84. The molecule has 0 aliphatic rings. The van der Waals surface area contributed by atoms with Gasteiger partial charge >= 0.3 is 0 Å². The molecule has 5 rings (SSSR count). The number of hydrogen-bond acceptors (Lipinski definition) is 5. The number of rotatable bonds is 5. The third-order valence-electron chi connectivity index (χ3n) is 4.76. The number of ether oxygens (including phenoxy) is 1. The molecule has 5 nitrogen and oxygen atoms in total. The van der Waals surface area contributed by atoms with Crippen molar-refractivity contribution in [1.82, 2.24) is 15.0 Å². The Bertz CT molecular complexity index is 1240. The van der Waals surface area contributed by atoms with E-state index in [0.717, 1.165) is 43.2 Å². The summed E-state index contributed by atoms with van der Waals surface area (Å²) in [5.41, 5.74) is 4.62. The van der Waals surface area contributed by atoms with E-state index in [2.05, 4.69) is 11.1 Å². The van der Waals surface area contributed by atoms with E-state index in [1.807, 2.05) is 67.6 Å². The fourth-order valence-electron chi connectivity index (χ4n) is 3.36. The second-order valence-electron chi connectivity index (χ2n) is 6.81. The van der Waals surface area contributed by atoms with Crippen molar-refractivity contribution in [3.8, 4) is 11.5 Å². The number of hydrogen-bond donors (Lipinski definition) is 2. The first-order chi connectivity index (χ1) is 14.7. The van der Waals surface area contributed by atoms with Gasteiger partial charge in [0, 0.05) is 0 Å². The van der Waals surface area contributed by atoms with Crippen molar-refractivity contribution < 1.29 is 9.84 Å². The minimum atomic E-state index is 0.124. The maximum Gasteiger partial charge on any atom is 0.161 e. The number of benzene rings is 3. The number of fused-ring (bicyclic) bond motifs is 2. The molecular formula is C24H19N3O2S. The van der Waals surface area contributed by atoms with E-state index < -0.39 is 0 Å². The molecule has 0 amide bonds. The Morgan fingerprint density at radius 3 is 2.63 bits per heavy atom. The lowest BCUT2D eigenvalue weighted by Gasteiger charge is -2.07. The van der Waals surface area contributed by atoms with Crippen LogP contribution in [-0.2, 0) is 0 Å². The second kappa shape index (κ2) is 7.65. The van der Waals surface area contributed by atoms with Gasteiger partial charge in [-0.3, -0.25) is 0 Å². The van der Waals surface area contributed by atoms with E-state index >= 15 is 0 Å². The number of imidazole rings is 1. The van der Waals surface area contributed by atoms with Gasteiger partial charge in [0.05, 0.1) is 33.4 Å². The van der Waals surface area contributed by atoms with Crippen LogP contribution in [0, 0.1) is 0 Å². The Morgan fingerprint density at radius 1 is 1.03 bits per heavy atom. The van der Waals surface area contributed by atoms with Gasteiger partial charge in [-0.15, -0.1) is 11.3 Å². The third kappa shape index (κ3) is 3.42. The Balaban J connectivity index is 1.69. The first kappa shape index (κ1) is 18.4. The molecule has 0 atom stereocenters.